The summed E-state index contributed by atoms with van der Waals surface area (Å²) in [6.07, 6.45) is 12.6. The quantitative estimate of drug-likeness (QED) is 0.609. The molecule has 0 bridgehead atoms. The van der Waals surface area contributed by atoms with Crippen LogP contribution in [0.25, 0.3) is 0 Å². The maximum atomic E-state index is 5.90. The van der Waals surface area contributed by atoms with Gasteiger partial charge < -0.3 is 10.1 Å². The van der Waals surface area contributed by atoms with Gasteiger partial charge in [-0.2, -0.15) is 0 Å². The van der Waals surface area contributed by atoms with Crippen LogP contribution in [0.4, 0.5) is 0 Å². The van der Waals surface area contributed by atoms with Crippen LogP contribution in [0.3, 0.4) is 0 Å². The zero-order valence-corrected chi connectivity index (χ0v) is 11.0. The maximum Gasteiger partial charge on any atom is 0.0575 e. The third-order valence-electron chi connectivity index (χ3n) is 3.40. The van der Waals surface area contributed by atoms with Crippen molar-refractivity contribution in [2.24, 2.45) is 0 Å². The lowest BCUT2D eigenvalue weighted by Crippen LogP contribution is -2.17. The average Bonchev–Trinajstić information content (AvgIpc) is 2.34. The second-order valence-corrected chi connectivity index (χ2v) is 4.90. The largest absolute Gasteiger partial charge is 0.378 e. The first kappa shape index (κ1) is 14.0. The molecule has 0 aliphatic heterocycles. The first-order valence-electron chi connectivity index (χ1n) is 7.26. The summed E-state index contributed by atoms with van der Waals surface area (Å²) in [5.74, 6) is 0. The lowest BCUT2D eigenvalue weighted by molar-refractivity contribution is 0.0263. The molecule has 0 spiro atoms. The molecule has 1 saturated carbocycles. The Morgan fingerprint density at radius 1 is 1.00 bits per heavy atom. The van der Waals surface area contributed by atoms with Crippen molar-refractivity contribution in [1.29, 1.82) is 0 Å². The smallest absolute Gasteiger partial charge is 0.0575 e. The third-order valence-corrected chi connectivity index (χ3v) is 3.40. The molecule has 0 aromatic rings. The first-order valence-corrected chi connectivity index (χ1v) is 7.26. The highest BCUT2D eigenvalue weighted by molar-refractivity contribution is 4.64. The monoisotopic (exact) mass is 227 g/mol. The van der Waals surface area contributed by atoms with Gasteiger partial charge in [-0.15, -0.1) is 0 Å². The summed E-state index contributed by atoms with van der Waals surface area (Å²) in [7, 11) is 0. The van der Waals surface area contributed by atoms with Crippen molar-refractivity contribution < 1.29 is 4.74 Å². The molecule has 2 nitrogen and oxygen atoms in total. The molecule has 1 aliphatic carbocycles. The van der Waals surface area contributed by atoms with Crippen molar-refractivity contribution >= 4 is 0 Å². The zero-order chi connectivity index (χ0) is 11.5. The summed E-state index contributed by atoms with van der Waals surface area (Å²) in [4.78, 5) is 0. The number of nitrogens with one attached hydrogen (secondary N) is 1. The Labute approximate surface area is 101 Å². The SMILES string of the molecule is CCNCCCCCCOC1CCCCC1. The van der Waals surface area contributed by atoms with Crippen molar-refractivity contribution in [3.8, 4) is 0 Å². The molecule has 1 fully saturated rings. The van der Waals surface area contributed by atoms with E-state index in [-0.39, 0.29) is 0 Å². The Bertz CT molecular complexity index is 144. The van der Waals surface area contributed by atoms with Gasteiger partial charge in [-0.3, -0.25) is 0 Å². The maximum absolute atomic E-state index is 5.90. The van der Waals surface area contributed by atoms with E-state index in [0.717, 1.165) is 13.2 Å². The molecule has 1 aliphatic rings. The van der Waals surface area contributed by atoms with Crippen LogP contribution in [0.5, 0.6) is 0 Å². The van der Waals surface area contributed by atoms with Gasteiger partial charge in [0, 0.05) is 6.61 Å². The van der Waals surface area contributed by atoms with E-state index in [1.807, 2.05) is 0 Å². The Kier molecular flexibility index (Phi) is 8.83. The van der Waals surface area contributed by atoms with E-state index in [0.29, 0.717) is 6.10 Å². The molecule has 0 aromatic heterocycles. The van der Waals surface area contributed by atoms with Gasteiger partial charge in [0.25, 0.3) is 0 Å². The summed E-state index contributed by atoms with van der Waals surface area (Å²) >= 11 is 0. The van der Waals surface area contributed by atoms with Crippen LogP contribution >= 0.6 is 0 Å². The van der Waals surface area contributed by atoms with Crippen molar-refractivity contribution in [2.75, 3.05) is 19.7 Å². The molecule has 1 rings (SSSR count). The highest BCUT2D eigenvalue weighted by Gasteiger charge is 2.12. The molecule has 2 heteroatoms. The van der Waals surface area contributed by atoms with Crippen LogP contribution in [0.2, 0.25) is 0 Å². The van der Waals surface area contributed by atoms with Gasteiger partial charge >= 0.3 is 0 Å². The molecule has 0 radical (unpaired) electrons. The predicted octanol–water partition coefficient (Wildman–Crippen LogP) is 3.51. The molecular formula is C14H29NO. The Balaban J connectivity index is 1.77. The molecular weight excluding hydrogens is 198 g/mol. The number of unbranched alkanes of at least 4 members (excludes halogenated alkanes) is 3. The Hall–Kier alpha value is -0.0800. The van der Waals surface area contributed by atoms with Crippen LogP contribution in [0, 0.1) is 0 Å². The highest BCUT2D eigenvalue weighted by atomic mass is 16.5. The van der Waals surface area contributed by atoms with Crippen molar-refractivity contribution in [3.63, 3.8) is 0 Å². The van der Waals surface area contributed by atoms with Gasteiger partial charge in [0.1, 0.15) is 0 Å². The summed E-state index contributed by atoms with van der Waals surface area (Å²) in [6.45, 7) is 5.44. The fourth-order valence-corrected chi connectivity index (χ4v) is 2.36. The van der Waals surface area contributed by atoms with E-state index in [9.17, 15) is 0 Å². The average molecular weight is 227 g/mol. The van der Waals surface area contributed by atoms with Crippen LogP contribution in [-0.4, -0.2) is 25.8 Å². The van der Waals surface area contributed by atoms with Crippen molar-refractivity contribution in [3.05, 3.63) is 0 Å². The van der Waals surface area contributed by atoms with E-state index in [1.165, 1.54) is 64.3 Å². The van der Waals surface area contributed by atoms with Crippen molar-refractivity contribution in [1.82, 2.24) is 5.32 Å². The number of rotatable bonds is 9. The van der Waals surface area contributed by atoms with Crippen molar-refractivity contribution in [2.45, 2.75) is 70.8 Å². The molecule has 16 heavy (non-hydrogen) atoms. The predicted molar refractivity (Wildman–Crippen MR) is 69.8 cm³/mol. The number of hydrogen-bond acceptors (Lipinski definition) is 2. The van der Waals surface area contributed by atoms with Gasteiger partial charge in [0.05, 0.1) is 6.10 Å². The molecule has 0 atom stereocenters. The minimum atomic E-state index is 0.593. The van der Waals surface area contributed by atoms with E-state index in [2.05, 4.69) is 12.2 Å². The normalized spacial score (nSPS) is 17.8. The Morgan fingerprint density at radius 2 is 1.75 bits per heavy atom. The molecule has 0 heterocycles. The van der Waals surface area contributed by atoms with Gasteiger partial charge in [-0.05, 0) is 38.8 Å². The molecule has 0 unspecified atom stereocenters. The lowest BCUT2D eigenvalue weighted by Gasteiger charge is -2.21. The molecule has 1 N–H and O–H groups in total. The third kappa shape index (κ3) is 7.24. The van der Waals surface area contributed by atoms with Gasteiger partial charge in [0.2, 0.25) is 0 Å². The fraction of sp³-hybridized carbons (Fsp3) is 1.00. The van der Waals surface area contributed by atoms with Crippen LogP contribution in [0.15, 0.2) is 0 Å². The fourth-order valence-electron chi connectivity index (χ4n) is 2.36. The van der Waals surface area contributed by atoms with E-state index in [1.54, 1.807) is 0 Å². The second-order valence-electron chi connectivity index (χ2n) is 4.90. The summed E-state index contributed by atoms with van der Waals surface area (Å²) in [6, 6.07) is 0. The van der Waals surface area contributed by atoms with Crippen LogP contribution < -0.4 is 5.32 Å². The standard InChI is InChI=1S/C14H29NO/c1-2-15-12-8-3-4-9-13-16-14-10-6-5-7-11-14/h14-15H,2-13H2,1H3. The van der Waals surface area contributed by atoms with Gasteiger partial charge in [-0.1, -0.05) is 39.0 Å². The molecule has 0 aromatic carbocycles. The van der Waals surface area contributed by atoms with E-state index >= 15 is 0 Å². The Morgan fingerprint density at radius 3 is 2.50 bits per heavy atom. The van der Waals surface area contributed by atoms with Gasteiger partial charge in [-0.25, -0.2) is 0 Å². The lowest BCUT2D eigenvalue weighted by atomic mass is 9.98. The minimum Gasteiger partial charge on any atom is -0.378 e. The summed E-state index contributed by atoms with van der Waals surface area (Å²) < 4.78 is 5.90. The van der Waals surface area contributed by atoms with Gasteiger partial charge in [0.15, 0.2) is 0 Å². The first-order chi connectivity index (χ1) is 7.93. The summed E-state index contributed by atoms with van der Waals surface area (Å²) in [5, 5.41) is 3.36. The topological polar surface area (TPSA) is 21.3 Å². The van der Waals surface area contributed by atoms with Crippen LogP contribution in [0.1, 0.15) is 64.7 Å². The van der Waals surface area contributed by atoms with E-state index in [4.69, 9.17) is 4.74 Å². The van der Waals surface area contributed by atoms with E-state index < -0.39 is 0 Å². The summed E-state index contributed by atoms with van der Waals surface area (Å²) in [5.41, 5.74) is 0. The number of ether oxygens (including phenoxy) is 1. The molecule has 0 saturated heterocycles. The molecule has 96 valence electrons. The number of hydrogen-bond donors (Lipinski definition) is 1. The highest BCUT2D eigenvalue weighted by Crippen LogP contribution is 2.20. The molecule has 0 amide bonds. The minimum absolute atomic E-state index is 0.593. The zero-order valence-electron chi connectivity index (χ0n) is 11.0. The second kappa shape index (κ2) is 10.1. The van der Waals surface area contributed by atoms with Crippen LogP contribution in [-0.2, 0) is 4.74 Å².